The molecule has 3 N–H and O–H groups in total. The molecule has 0 bridgehead atoms. The minimum Gasteiger partial charge on any atom is -0.393 e. The lowest BCUT2D eigenvalue weighted by molar-refractivity contribution is 0.126. The number of aliphatic hydroxyl groups is 1. The lowest BCUT2D eigenvalue weighted by Gasteiger charge is -2.26. The zero-order valence-electron chi connectivity index (χ0n) is 11.7. The number of rotatable bonds is 4. The van der Waals surface area contributed by atoms with Crippen molar-refractivity contribution in [3.63, 3.8) is 0 Å². The highest BCUT2D eigenvalue weighted by Gasteiger charge is 2.20. The van der Waals surface area contributed by atoms with Gasteiger partial charge in [0.1, 0.15) is 5.82 Å². The molecule has 108 valence electrons. The lowest BCUT2D eigenvalue weighted by atomic mass is 9.93. The van der Waals surface area contributed by atoms with Gasteiger partial charge in [0.05, 0.1) is 12.3 Å². The molecule has 1 saturated carbocycles. The van der Waals surface area contributed by atoms with Crippen molar-refractivity contribution in [2.24, 2.45) is 0 Å². The Labute approximate surface area is 118 Å². The van der Waals surface area contributed by atoms with Crippen LogP contribution in [0.4, 0.5) is 11.6 Å². The summed E-state index contributed by atoms with van der Waals surface area (Å²) in [6.07, 6.45) is 9.17. The molecule has 0 saturated heterocycles. The first-order valence-electron chi connectivity index (χ1n) is 7.28. The molecule has 0 unspecified atom stereocenters. The molecule has 0 atom stereocenters. The molecule has 6 heteroatoms. The predicted molar refractivity (Wildman–Crippen MR) is 79.0 cm³/mol. The number of nitrogens with zero attached hydrogens (tertiary/aromatic N) is 3. The molecule has 20 heavy (non-hydrogen) atoms. The summed E-state index contributed by atoms with van der Waals surface area (Å²) < 4.78 is 1.98. The summed E-state index contributed by atoms with van der Waals surface area (Å²) in [5.74, 6) is 1.66. The fourth-order valence-electron chi connectivity index (χ4n) is 2.71. The summed E-state index contributed by atoms with van der Waals surface area (Å²) in [7, 11) is 0. The molecule has 0 aromatic carbocycles. The molecule has 1 aliphatic rings. The van der Waals surface area contributed by atoms with Crippen LogP contribution < -0.4 is 10.6 Å². The first-order chi connectivity index (χ1) is 9.76. The molecule has 3 rings (SSSR count). The summed E-state index contributed by atoms with van der Waals surface area (Å²) in [5.41, 5.74) is 0.845. The normalized spacial score (nSPS) is 22.9. The standard InChI is InChI=1S/C14H21N5O/c1-2-15-12-9-19-8-7-16-14(19)13(18-12)17-10-3-5-11(20)6-4-10/h7-11,15,20H,2-6H2,1H3,(H,17,18). The van der Waals surface area contributed by atoms with Crippen molar-refractivity contribution < 1.29 is 5.11 Å². The third-order valence-electron chi connectivity index (χ3n) is 3.77. The molecule has 0 radical (unpaired) electrons. The first-order valence-corrected chi connectivity index (χ1v) is 7.28. The van der Waals surface area contributed by atoms with E-state index in [1.54, 1.807) is 6.20 Å². The molecular formula is C14H21N5O. The van der Waals surface area contributed by atoms with Gasteiger partial charge < -0.3 is 20.1 Å². The van der Waals surface area contributed by atoms with E-state index in [0.29, 0.717) is 6.04 Å². The van der Waals surface area contributed by atoms with Crippen molar-refractivity contribution in [3.05, 3.63) is 18.6 Å². The minimum atomic E-state index is -0.138. The SMILES string of the molecule is CCNc1cn2ccnc2c(NC2CCC(O)CC2)n1. The fourth-order valence-corrected chi connectivity index (χ4v) is 2.71. The number of anilines is 2. The van der Waals surface area contributed by atoms with Crippen LogP contribution in [-0.2, 0) is 0 Å². The summed E-state index contributed by atoms with van der Waals surface area (Å²) in [6, 6.07) is 0.364. The van der Waals surface area contributed by atoms with Crippen LogP contribution in [0.5, 0.6) is 0 Å². The number of hydrogen-bond donors (Lipinski definition) is 3. The van der Waals surface area contributed by atoms with Gasteiger partial charge in [-0.1, -0.05) is 0 Å². The van der Waals surface area contributed by atoms with Crippen molar-refractivity contribution in [1.29, 1.82) is 0 Å². The van der Waals surface area contributed by atoms with Crippen molar-refractivity contribution in [2.45, 2.75) is 44.8 Å². The molecule has 0 spiro atoms. The van der Waals surface area contributed by atoms with Crippen LogP contribution in [0.2, 0.25) is 0 Å². The van der Waals surface area contributed by atoms with Gasteiger partial charge in [-0.25, -0.2) is 9.97 Å². The smallest absolute Gasteiger partial charge is 0.180 e. The maximum Gasteiger partial charge on any atom is 0.180 e. The van der Waals surface area contributed by atoms with E-state index in [-0.39, 0.29) is 6.10 Å². The average molecular weight is 275 g/mol. The Bertz CT molecular complexity index is 574. The maximum absolute atomic E-state index is 9.58. The number of aromatic nitrogens is 3. The maximum atomic E-state index is 9.58. The van der Waals surface area contributed by atoms with E-state index in [4.69, 9.17) is 0 Å². The topological polar surface area (TPSA) is 74.5 Å². The van der Waals surface area contributed by atoms with E-state index < -0.39 is 0 Å². The Hall–Kier alpha value is -1.82. The number of hydrogen-bond acceptors (Lipinski definition) is 5. The largest absolute Gasteiger partial charge is 0.393 e. The zero-order valence-corrected chi connectivity index (χ0v) is 11.7. The van der Waals surface area contributed by atoms with Crippen molar-refractivity contribution in [2.75, 3.05) is 17.2 Å². The van der Waals surface area contributed by atoms with Gasteiger partial charge in [-0.3, -0.25) is 0 Å². The second-order valence-electron chi connectivity index (χ2n) is 5.31. The van der Waals surface area contributed by atoms with Crippen LogP contribution >= 0.6 is 0 Å². The van der Waals surface area contributed by atoms with E-state index in [2.05, 4.69) is 27.5 Å². The van der Waals surface area contributed by atoms with Crippen LogP contribution in [0.1, 0.15) is 32.6 Å². The molecule has 1 fully saturated rings. The Morgan fingerprint density at radius 2 is 2.15 bits per heavy atom. The summed E-state index contributed by atoms with van der Waals surface area (Å²) in [5, 5.41) is 16.3. The van der Waals surface area contributed by atoms with Crippen molar-refractivity contribution in [1.82, 2.24) is 14.4 Å². The second kappa shape index (κ2) is 5.66. The van der Waals surface area contributed by atoms with E-state index in [9.17, 15) is 5.11 Å². The molecular weight excluding hydrogens is 254 g/mol. The average Bonchev–Trinajstić information content (AvgIpc) is 2.90. The lowest BCUT2D eigenvalue weighted by Crippen LogP contribution is -2.28. The Kier molecular flexibility index (Phi) is 3.73. The summed E-state index contributed by atoms with van der Waals surface area (Å²) >= 11 is 0. The highest BCUT2D eigenvalue weighted by molar-refractivity contribution is 5.65. The number of fused-ring (bicyclic) bond motifs is 1. The monoisotopic (exact) mass is 275 g/mol. The van der Waals surface area contributed by atoms with E-state index in [1.165, 1.54) is 0 Å². The summed E-state index contributed by atoms with van der Waals surface area (Å²) in [6.45, 7) is 2.89. The molecule has 2 aromatic rings. The van der Waals surface area contributed by atoms with Crippen molar-refractivity contribution >= 4 is 17.3 Å². The van der Waals surface area contributed by atoms with Crippen LogP contribution in [0, 0.1) is 0 Å². The van der Waals surface area contributed by atoms with E-state index in [1.807, 2.05) is 16.8 Å². The van der Waals surface area contributed by atoms with Gasteiger partial charge in [0.15, 0.2) is 11.5 Å². The molecule has 0 aliphatic heterocycles. The molecule has 0 amide bonds. The Morgan fingerprint density at radius 1 is 1.35 bits per heavy atom. The highest BCUT2D eigenvalue weighted by Crippen LogP contribution is 2.24. The van der Waals surface area contributed by atoms with Gasteiger partial charge in [-0.2, -0.15) is 0 Å². The van der Waals surface area contributed by atoms with Crippen LogP contribution in [0.25, 0.3) is 5.65 Å². The molecule has 1 aliphatic carbocycles. The fraction of sp³-hybridized carbons (Fsp3) is 0.571. The van der Waals surface area contributed by atoms with Crippen LogP contribution in [0.15, 0.2) is 18.6 Å². The van der Waals surface area contributed by atoms with Gasteiger partial charge in [-0.15, -0.1) is 0 Å². The molecule has 2 heterocycles. The highest BCUT2D eigenvalue weighted by atomic mass is 16.3. The second-order valence-corrected chi connectivity index (χ2v) is 5.31. The quantitative estimate of drug-likeness (QED) is 0.794. The van der Waals surface area contributed by atoms with Gasteiger partial charge in [-0.05, 0) is 32.6 Å². The van der Waals surface area contributed by atoms with Crippen LogP contribution in [0.3, 0.4) is 0 Å². The third-order valence-corrected chi connectivity index (χ3v) is 3.77. The minimum absolute atomic E-state index is 0.138. The molecule has 6 nitrogen and oxygen atoms in total. The molecule has 2 aromatic heterocycles. The van der Waals surface area contributed by atoms with E-state index in [0.717, 1.165) is 49.5 Å². The van der Waals surface area contributed by atoms with Gasteiger partial charge in [0, 0.05) is 25.0 Å². The van der Waals surface area contributed by atoms with Crippen molar-refractivity contribution in [3.8, 4) is 0 Å². The van der Waals surface area contributed by atoms with Gasteiger partial charge in [0.2, 0.25) is 0 Å². The number of aliphatic hydroxyl groups excluding tert-OH is 1. The third kappa shape index (κ3) is 2.70. The van der Waals surface area contributed by atoms with Gasteiger partial charge in [0.25, 0.3) is 0 Å². The predicted octanol–water partition coefficient (Wildman–Crippen LogP) is 1.88. The number of nitrogens with one attached hydrogen (secondary N) is 2. The zero-order chi connectivity index (χ0) is 13.9. The first kappa shape index (κ1) is 13.2. The summed E-state index contributed by atoms with van der Waals surface area (Å²) in [4.78, 5) is 8.97. The Morgan fingerprint density at radius 3 is 2.90 bits per heavy atom. The van der Waals surface area contributed by atoms with Crippen LogP contribution in [-0.4, -0.2) is 38.2 Å². The van der Waals surface area contributed by atoms with Gasteiger partial charge >= 0.3 is 0 Å². The number of imidazole rings is 1. The van der Waals surface area contributed by atoms with E-state index >= 15 is 0 Å². The Balaban J connectivity index is 1.83.